The number of nitrogens with zero attached hydrogens (tertiary/aromatic N) is 2. The predicted octanol–water partition coefficient (Wildman–Crippen LogP) is 4.24. The lowest BCUT2D eigenvalue weighted by Gasteiger charge is -2.16. The molecule has 0 unspecified atom stereocenters. The van der Waals surface area contributed by atoms with Crippen LogP contribution in [0.1, 0.15) is 15.2 Å². The Morgan fingerprint density at radius 2 is 2.05 bits per heavy atom. The Balaban J connectivity index is 2.26. The number of thiophene rings is 1. The molecule has 0 saturated heterocycles. The van der Waals surface area contributed by atoms with Crippen LogP contribution in [0.2, 0.25) is 9.36 Å². The summed E-state index contributed by atoms with van der Waals surface area (Å²) < 4.78 is 0.625. The van der Waals surface area contributed by atoms with Gasteiger partial charge in [0.2, 0.25) is 0 Å². The largest absolute Gasteiger partial charge is 0.336 e. The Morgan fingerprint density at radius 3 is 2.62 bits per heavy atom. The minimum absolute atomic E-state index is 0.0300. The van der Waals surface area contributed by atoms with Gasteiger partial charge < -0.3 is 4.90 Å². The van der Waals surface area contributed by atoms with Crippen LogP contribution >= 0.6 is 34.5 Å². The standard InChI is InChI=1S/C13H10Cl2N2O3S/c1-16(7-9-3-5-12(15)21-9)13(18)10-6-8(14)2-4-11(10)17(19)20/h2-6H,7H2,1H3. The van der Waals surface area contributed by atoms with E-state index in [1.165, 1.54) is 34.4 Å². The molecule has 1 heterocycles. The van der Waals surface area contributed by atoms with Crippen molar-refractivity contribution in [2.24, 2.45) is 0 Å². The van der Waals surface area contributed by atoms with E-state index >= 15 is 0 Å². The van der Waals surface area contributed by atoms with Crippen molar-refractivity contribution in [2.45, 2.75) is 6.54 Å². The number of nitro groups is 1. The SMILES string of the molecule is CN(Cc1ccc(Cl)s1)C(=O)c1cc(Cl)ccc1[N+](=O)[O-]. The van der Waals surface area contributed by atoms with E-state index in [1.54, 1.807) is 13.1 Å². The highest BCUT2D eigenvalue weighted by atomic mass is 35.5. The Labute approximate surface area is 134 Å². The lowest BCUT2D eigenvalue weighted by atomic mass is 10.1. The molecule has 2 aromatic rings. The van der Waals surface area contributed by atoms with Crippen molar-refractivity contribution in [2.75, 3.05) is 7.05 Å². The van der Waals surface area contributed by atoms with Crippen LogP contribution in [0.15, 0.2) is 30.3 Å². The first kappa shape index (κ1) is 15.8. The van der Waals surface area contributed by atoms with Gasteiger partial charge in [0.1, 0.15) is 5.56 Å². The molecule has 0 spiro atoms. The molecule has 0 atom stereocenters. The van der Waals surface area contributed by atoms with Crippen LogP contribution in [0.25, 0.3) is 0 Å². The molecule has 0 fully saturated rings. The molecule has 5 nitrogen and oxygen atoms in total. The zero-order valence-electron chi connectivity index (χ0n) is 10.9. The maximum atomic E-state index is 12.4. The topological polar surface area (TPSA) is 63.5 Å². The van der Waals surface area contributed by atoms with Crippen LogP contribution in [-0.2, 0) is 6.54 Å². The number of hydrogen-bond donors (Lipinski definition) is 0. The minimum Gasteiger partial charge on any atom is -0.336 e. The lowest BCUT2D eigenvalue weighted by Crippen LogP contribution is -2.26. The molecule has 8 heteroatoms. The van der Waals surface area contributed by atoms with Crippen LogP contribution in [-0.4, -0.2) is 22.8 Å². The van der Waals surface area contributed by atoms with Gasteiger partial charge in [-0.3, -0.25) is 14.9 Å². The second kappa shape index (κ2) is 6.43. The average Bonchev–Trinajstić information content (AvgIpc) is 2.82. The number of carbonyl (C=O) groups excluding carboxylic acids is 1. The molecule has 110 valence electrons. The fourth-order valence-corrected chi connectivity index (χ4v) is 3.10. The van der Waals surface area contributed by atoms with Gasteiger partial charge in [-0.05, 0) is 24.3 Å². The first-order chi connectivity index (χ1) is 9.88. The minimum atomic E-state index is -0.598. The molecule has 0 aliphatic heterocycles. The quantitative estimate of drug-likeness (QED) is 0.615. The normalized spacial score (nSPS) is 10.4. The molecule has 0 radical (unpaired) electrons. The number of carbonyl (C=O) groups is 1. The summed E-state index contributed by atoms with van der Waals surface area (Å²) in [4.78, 5) is 25.0. The molecule has 0 aliphatic carbocycles. The Hall–Kier alpha value is -1.63. The van der Waals surface area contributed by atoms with Crippen molar-refractivity contribution in [1.29, 1.82) is 0 Å². The zero-order chi connectivity index (χ0) is 15.6. The van der Waals surface area contributed by atoms with E-state index in [2.05, 4.69) is 0 Å². The Kier molecular flexibility index (Phi) is 4.82. The van der Waals surface area contributed by atoms with E-state index in [4.69, 9.17) is 23.2 Å². The molecule has 2 rings (SSSR count). The van der Waals surface area contributed by atoms with Gasteiger partial charge in [-0.15, -0.1) is 11.3 Å². The maximum Gasteiger partial charge on any atom is 0.282 e. The van der Waals surface area contributed by atoms with Crippen molar-refractivity contribution in [3.05, 3.63) is 60.2 Å². The van der Waals surface area contributed by atoms with E-state index in [9.17, 15) is 14.9 Å². The van der Waals surface area contributed by atoms with Crippen molar-refractivity contribution >= 4 is 46.1 Å². The van der Waals surface area contributed by atoms with E-state index in [0.29, 0.717) is 10.9 Å². The first-order valence-electron chi connectivity index (χ1n) is 5.82. The highest BCUT2D eigenvalue weighted by Gasteiger charge is 2.23. The Morgan fingerprint density at radius 1 is 1.33 bits per heavy atom. The van der Waals surface area contributed by atoms with Crippen LogP contribution in [0.3, 0.4) is 0 Å². The molecule has 0 aliphatic rings. The van der Waals surface area contributed by atoms with Crippen LogP contribution in [0.5, 0.6) is 0 Å². The molecular weight excluding hydrogens is 335 g/mol. The van der Waals surface area contributed by atoms with Crippen molar-refractivity contribution in [1.82, 2.24) is 4.90 Å². The number of benzene rings is 1. The van der Waals surface area contributed by atoms with Gasteiger partial charge in [-0.1, -0.05) is 23.2 Å². The van der Waals surface area contributed by atoms with Crippen molar-refractivity contribution in [3.63, 3.8) is 0 Å². The smallest absolute Gasteiger partial charge is 0.282 e. The highest BCUT2D eigenvalue weighted by Crippen LogP contribution is 2.26. The van der Waals surface area contributed by atoms with Gasteiger partial charge in [0, 0.05) is 23.0 Å². The summed E-state index contributed by atoms with van der Waals surface area (Å²) >= 11 is 13.0. The van der Waals surface area contributed by atoms with Gasteiger partial charge in [-0.25, -0.2) is 0 Å². The number of amides is 1. The number of halogens is 2. The second-order valence-corrected chi connectivity index (χ2v) is 6.52. The molecule has 21 heavy (non-hydrogen) atoms. The fourth-order valence-electron chi connectivity index (χ4n) is 1.79. The first-order valence-corrected chi connectivity index (χ1v) is 7.39. The maximum absolute atomic E-state index is 12.4. The lowest BCUT2D eigenvalue weighted by molar-refractivity contribution is -0.385. The van der Waals surface area contributed by atoms with E-state index < -0.39 is 10.8 Å². The average molecular weight is 345 g/mol. The zero-order valence-corrected chi connectivity index (χ0v) is 13.2. The van der Waals surface area contributed by atoms with Crippen LogP contribution < -0.4 is 0 Å². The predicted molar refractivity (Wildman–Crippen MR) is 83.2 cm³/mol. The third kappa shape index (κ3) is 3.72. The summed E-state index contributed by atoms with van der Waals surface area (Å²) in [6.45, 7) is 0.319. The second-order valence-electron chi connectivity index (χ2n) is 4.29. The summed E-state index contributed by atoms with van der Waals surface area (Å²) in [5, 5.41) is 11.3. The van der Waals surface area contributed by atoms with Gasteiger partial charge >= 0.3 is 0 Å². The van der Waals surface area contributed by atoms with E-state index in [0.717, 1.165) is 4.88 Å². The summed E-state index contributed by atoms with van der Waals surface area (Å²) in [6, 6.07) is 7.46. The van der Waals surface area contributed by atoms with Gasteiger partial charge in [0.05, 0.1) is 15.8 Å². The summed E-state index contributed by atoms with van der Waals surface area (Å²) in [5.41, 5.74) is -0.293. The molecule has 1 aromatic heterocycles. The monoisotopic (exact) mass is 344 g/mol. The number of nitro benzene ring substituents is 1. The van der Waals surface area contributed by atoms with Crippen LogP contribution in [0, 0.1) is 10.1 Å². The molecule has 0 bridgehead atoms. The van der Waals surface area contributed by atoms with Crippen LogP contribution in [0.4, 0.5) is 5.69 Å². The summed E-state index contributed by atoms with van der Waals surface area (Å²) in [5.74, 6) is -0.464. The summed E-state index contributed by atoms with van der Waals surface area (Å²) in [6.07, 6.45) is 0. The molecular formula is C13H10Cl2N2O3S. The third-order valence-electron chi connectivity index (χ3n) is 2.75. The van der Waals surface area contributed by atoms with Gasteiger partial charge in [0.25, 0.3) is 11.6 Å². The number of hydrogen-bond acceptors (Lipinski definition) is 4. The molecule has 1 aromatic carbocycles. The number of rotatable bonds is 4. The van der Waals surface area contributed by atoms with Crippen molar-refractivity contribution in [3.8, 4) is 0 Å². The van der Waals surface area contributed by atoms with Gasteiger partial charge in [0.15, 0.2) is 0 Å². The van der Waals surface area contributed by atoms with E-state index in [-0.39, 0.29) is 16.3 Å². The fraction of sp³-hybridized carbons (Fsp3) is 0.154. The molecule has 1 amide bonds. The van der Waals surface area contributed by atoms with Gasteiger partial charge in [-0.2, -0.15) is 0 Å². The summed E-state index contributed by atoms with van der Waals surface area (Å²) in [7, 11) is 1.57. The third-order valence-corrected chi connectivity index (χ3v) is 4.21. The van der Waals surface area contributed by atoms with E-state index in [1.807, 2.05) is 6.07 Å². The molecule has 0 N–H and O–H groups in total. The highest BCUT2D eigenvalue weighted by molar-refractivity contribution is 7.16. The molecule has 0 saturated carbocycles. The Bertz CT molecular complexity index is 702. The van der Waals surface area contributed by atoms with Crippen molar-refractivity contribution < 1.29 is 9.72 Å².